The summed E-state index contributed by atoms with van der Waals surface area (Å²) in [5.74, 6) is -0.228. The van der Waals surface area contributed by atoms with Gasteiger partial charge in [-0.25, -0.2) is 5.43 Å². The van der Waals surface area contributed by atoms with Gasteiger partial charge in [-0.15, -0.1) is 0 Å². The fourth-order valence-corrected chi connectivity index (χ4v) is 2.00. The fourth-order valence-electron chi connectivity index (χ4n) is 2.00. The minimum atomic E-state index is -2.94. The van der Waals surface area contributed by atoms with E-state index in [1.165, 1.54) is 24.4 Å². The van der Waals surface area contributed by atoms with Crippen LogP contribution in [-0.2, 0) is 0 Å². The minimum absolute atomic E-state index is 0.0577. The number of carbonyl (C=O) groups excluding carboxylic acids is 1. The molecule has 1 amide bonds. The predicted molar refractivity (Wildman–Crippen MR) is 90.5 cm³/mol. The van der Waals surface area contributed by atoms with Crippen LogP contribution >= 0.6 is 0 Å². The third-order valence-corrected chi connectivity index (χ3v) is 3.18. The van der Waals surface area contributed by atoms with Crippen LogP contribution in [0.15, 0.2) is 47.6 Å². The lowest BCUT2D eigenvalue weighted by atomic mass is 10.1. The highest BCUT2D eigenvalue weighted by Crippen LogP contribution is 2.29. The van der Waals surface area contributed by atoms with E-state index in [0.717, 1.165) is 5.56 Å². The van der Waals surface area contributed by atoms with E-state index in [1.54, 1.807) is 19.1 Å². The summed E-state index contributed by atoms with van der Waals surface area (Å²) in [5, 5.41) is 3.86. The van der Waals surface area contributed by atoms with E-state index in [4.69, 9.17) is 4.74 Å². The van der Waals surface area contributed by atoms with Crippen molar-refractivity contribution in [3.05, 3.63) is 59.2 Å². The molecule has 0 spiro atoms. The van der Waals surface area contributed by atoms with Gasteiger partial charge in [-0.3, -0.25) is 4.79 Å². The molecule has 2 rings (SSSR count). The molecule has 0 saturated carbocycles. The van der Waals surface area contributed by atoms with Crippen LogP contribution in [0.25, 0.3) is 0 Å². The zero-order valence-corrected chi connectivity index (χ0v) is 13.8. The molecular weight excluding hydrogens is 330 g/mol. The monoisotopic (exact) mass is 348 g/mol. The van der Waals surface area contributed by atoms with Crippen LogP contribution in [0.1, 0.15) is 28.4 Å². The maximum atomic E-state index is 12.4. The molecule has 0 fully saturated rings. The summed E-state index contributed by atoms with van der Waals surface area (Å²) in [5.41, 5.74) is 4.50. The summed E-state index contributed by atoms with van der Waals surface area (Å²) in [6.45, 7) is 1.02. The number of benzene rings is 2. The van der Waals surface area contributed by atoms with Gasteiger partial charge in [0, 0.05) is 5.56 Å². The number of carbonyl (C=O) groups is 1. The second-order valence-corrected chi connectivity index (χ2v) is 5.08. The molecule has 2 aromatic carbocycles. The minimum Gasteiger partial charge on any atom is -0.490 e. The Kier molecular flexibility index (Phi) is 6.45. The molecule has 0 bridgehead atoms. The molecule has 132 valence electrons. The second kappa shape index (κ2) is 8.77. The van der Waals surface area contributed by atoms with Gasteiger partial charge in [0.2, 0.25) is 0 Å². The Morgan fingerprint density at radius 1 is 1.20 bits per heavy atom. The summed E-state index contributed by atoms with van der Waals surface area (Å²) in [6.07, 6.45) is 1.39. The SMILES string of the molecule is CCOc1cc(/C=N\NC(=O)c2ccc(C)cc2)ccc1OC(F)F. The van der Waals surface area contributed by atoms with Gasteiger partial charge in [-0.05, 0) is 49.7 Å². The molecule has 25 heavy (non-hydrogen) atoms. The third kappa shape index (κ3) is 5.56. The van der Waals surface area contributed by atoms with Gasteiger partial charge >= 0.3 is 6.61 Å². The summed E-state index contributed by atoms with van der Waals surface area (Å²) < 4.78 is 34.4. The van der Waals surface area contributed by atoms with E-state index in [0.29, 0.717) is 17.7 Å². The van der Waals surface area contributed by atoms with Crippen LogP contribution < -0.4 is 14.9 Å². The van der Waals surface area contributed by atoms with E-state index >= 15 is 0 Å². The van der Waals surface area contributed by atoms with Crippen molar-refractivity contribution in [3.8, 4) is 11.5 Å². The Balaban J connectivity index is 2.05. The van der Waals surface area contributed by atoms with Gasteiger partial charge in [0.05, 0.1) is 12.8 Å². The summed E-state index contributed by atoms with van der Waals surface area (Å²) in [7, 11) is 0. The van der Waals surface area contributed by atoms with Crippen LogP contribution in [0.2, 0.25) is 0 Å². The van der Waals surface area contributed by atoms with Gasteiger partial charge in [0.1, 0.15) is 0 Å². The van der Waals surface area contributed by atoms with Crippen molar-refractivity contribution in [2.45, 2.75) is 20.5 Å². The van der Waals surface area contributed by atoms with Crippen molar-refractivity contribution >= 4 is 12.1 Å². The van der Waals surface area contributed by atoms with Crippen LogP contribution in [0.5, 0.6) is 11.5 Å². The van der Waals surface area contributed by atoms with Crippen molar-refractivity contribution in [1.82, 2.24) is 5.43 Å². The molecule has 0 heterocycles. The topological polar surface area (TPSA) is 59.9 Å². The van der Waals surface area contributed by atoms with Crippen LogP contribution in [0.3, 0.4) is 0 Å². The first kappa shape index (κ1) is 18.4. The number of rotatable bonds is 7. The fraction of sp³-hybridized carbons (Fsp3) is 0.222. The molecule has 1 N–H and O–H groups in total. The van der Waals surface area contributed by atoms with Crippen molar-refractivity contribution in [1.29, 1.82) is 0 Å². The number of hydrazone groups is 1. The van der Waals surface area contributed by atoms with Crippen molar-refractivity contribution < 1.29 is 23.0 Å². The zero-order valence-electron chi connectivity index (χ0n) is 13.8. The van der Waals surface area contributed by atoms with Gasteiger partial charge in [-0.2, -0.15) is 13.9 Å². The van der Waals surface area contributed by atoms with E-state index < -0.39 is 6.61 Å². The van der Waals surface area contributed by atoms with Crippen molar-refractivity contribution in [3.63, 3.8) is 0 Å². The van der Waals surface area contributed by atoms with Gasteiger partial charge in [0.15, 0.2) is 11.5 Å². The maximum absolute atomic E-state index is 12.4. The number of nitrogens with zero attached hydrogens (tertiary/aromatic N) is 1. The van der Waals surface area contributed by atoms with Gasteiger partial charge < -0.3 is 9.47 Å². The maximum Gasteiger partial charge on any atom is 0.387 e. The van der Waals surface area contributed by atoms with E-state index in [-0.39, 0.29) is 17.4 Å². The predicted octanol–water partition coefficient (Wildman–Crippen LogP) is 3.76. The molecule has 0 aliphatic heterocycles. The molecule has 7 heteroatoms. The lowest BCUT2D eigenvalue weighted by Gasteiger charge is -2.11. The molecule has 0 radical (unpaired) electrons. The number of alkyl halides is 2. The number of hydrogen-bond donors (Lipinski definition) is 1. The van der Waals surface area contributed by atoms with E-state index in [1.807, 2.05) is 19.1 Å². The molecule has 0 unspecified atom stereocenters. The normalized spacial score (nSPS) is 10.9. The molecule has 0 aromatic heterocycles. The molecule has 2 aromatic rings. The Hall–Kier alpha value is -2.96. The molecule has 0 aliphatic rings. The number of nitrogens with one attached hydrogen (secondary N) is 1. The number of halogens is 2. The average Bonchev–Trinajstić information content (AvgIpc) is 2.57. The standard InChI is InChI=1S/C18H18F2N2O3/c1-3-24-16-10-13(6-9-15(16)25-18(19)20)11-21-22-17(23)14-7-4-12(2)5-8-14/h4-11,18H,3H2,1-2H3,(H,22,23)/b21-11-. The molecule has 0 aliphatic carbocycles. The Bertz CT molecular complexity index is 746. The summed E-state index contributed by atoms with van der Waals surface area (Å²) >= 11 is 0. The number of aryl methyl sites for hydroxylation is 1. The van der Waals surface area contributed by atoms with Gasteiger partial charge in [-0.1, -0.05) is 17.7 Å². The Morgan fingerprint density at radius 2 is 1.92 bits per heavy atom. The lowest BCUT2D eigenvalue weighted by molar-refractivity contribution is -0.0514. The largest absolute Gasteiger partial charge is 0.490 e. The molecule has 0 atom stereocenters. The van der Waals surface area contributed by atoms with Crippen LogP contribution in [-0.4, -0.2) is 25.3 Å². The van der Waals surface area contributed by atoms with E-state index in [9.17, 15) is 13.6 Å². The first-order valence-electron chi connectivity index (χ1n) is 7.61. The average molecular weight is 348 g/mol. The highest BCUT2D eigenvalue weighted by molar-refractivity contribution is 5.94. The molecular formula is C18H18F2N2O3. The second-order valence-electron chi connectivity index (χ2n) is 5.08. The zero-order chi connectivity index (χ0) is 18.2. The molecule has 5 nitrogen and oxygen atoms in total. The van der Waals surface area contributed by atoms with Gasteiger partial charge in [0.25, 0.3) is 5.91 Å². The highest BCUT2D eigenvalue weighted by atomic mass is 19.3. The third-order valence-electron chi connectivity index (χ3n) is 3.18. The quantitative estimate of drug-likeness (QED) is 0.612. The first-order valence-corrected chi connectivity index (χ1v) is 7.61. The van der Waals surface area contributed by atoms with Crippen LogP contribution in [0, 0.1) is 6.92 Å². The first-order chi connectivity index (χ1) is 12.0. The highest BCUT2D eigenvalue weighted by Gasteiger charge is 2.11. The number of amides is 1. The Morgan fingerprint density at radius 3 is 2.56 bits per heavy atom. The van der Waals surface area contributed by atoms with Crippen LogP contribution in [0.4, 0.5) is 8.78 Å². The van der Waals surface area contributed by atoms with Crippen molar-refractivity contribution in [2.75, 3.05) is 6.61 Å². The molecule has 0 saturated heterocycles. The number of hydrogen-bond acceptors (Lipinski definition) is 4. The summed E-state index contributed by atoms with van der Waals surface area (Å²) in [6, 6.07) is 11.4. The summed E-state index contributed by atoms with van der Waals surface area (Å²) in [4.78, 5) is 11.9. The lowest BCUT2D eigenvalue weighted by Crippen LogP contribution is -2.17. The van der Waals surface area contributed by atoms with E-state index in [2.05, 4.69) is 15.3 Å². The smallest absolute Gasteiger partial charge is 0.387 e. The van der Waals surface area contributed by atoms with Crippen molar-refractivity contribution in [2.24, 2.45) is 5.10 Å². The number of ether oxygens (including phenoxy) is 2. The Labute approximate surface area is 144 Å².